The molecule has 1 aromatic rings. The number of ether oxygens (including phenoxy) is 1. The van der Waals surface area contributed by atoms with Gasteiger partial charge in [-0.1, -0.05) is 12.1 Å². The molecule has 0 heterocycles. The van der Waals surface area contributed by atoms with Gasteiger partial charge in [0.1, 0.15) is 12.4 Å². The normalized spacial score (nSPS) is 11.4. The summed E-state index contributed by atoms with van der Waals surface area (Å²) in [4.78, 5) is 10.5. The first-order valence-electron chi connectivity index (χ1n) is 4.78. The summed E-state index contributed by atoms with van der Waals surface area (Å²) in [7, 11) is 0. The van der Waals surface area contributed by atoms with Crippen LogP contribution < -0.4 is 10.5 Å². The smallest absolute Gasteiger partial charge is 0.309 e. The highest BCUT2D eigenvalue weighted by molar-refractivity contribution is 5.85. The Morgan fingerprint density at radius 1 is 1.44 bits per heavy atom. The minimum Gasteiger partial charge on any atom is -0.493 e. The molecule has 16 heavy (non-hydrogen) atoms. The van der Waals surface area contributed by atoms with Crippen LogP contribution in [-0.2, 0) is 11.3 Å². The van der Waals surface area contributed by atoms with E-state index in [4.69, 9.17) is 15.6 Å². The van der Waals surface area contributed by atoms with Gasteiger partial charge in [-0.2, -0.15) is 0 Å². The summed E-state index contributed by atoms with van der Waals surface area (Å²) in [6.07, 6.45) is 0. The molecule has 0 aliphatic carbocycles. The second-order valence-corrected chi connectivity index (χ2v) is 3.40. The highest BCUT2D eigenvalue weighted by Gasteiger charge is 2.11. The van der Waals surface area contributed by atoms with Gasteiger partial charge in [0.15, 0.2) is 0 Å². The van der Waals surface area contributed by atoms with Crippen LogP contribution in [0.4, 0.5) is 0 Å². The van der Waals surface area contributed by atoms with Crippen molar-refractivity contribution in [3.05, 3.63) is 29.8 Å². The van der Waals surface area contributed by atoms with Crippen molar-refractivity contribution in [3.63, 3.8) is 0 Å². The quantitative estimate of drug-likeness (QED) is 0.828. The average Bonchev–Trinajstić information content (AvgIpc) is 2.26. The fourth-order valence-corrected chi connectivity index (χ4v) is 1.01. The molecule has 0 bridgehead atoms. The second-order valence-electron chi connectivity index (χ2n) is 3.40. The van der Waals surface area contributed by atoms with Crippen molar-refractivity contribution in [2.45, 2.75) is 13.5 Å². The number of carboxylic acids is 1. The lowest BCUT2D eigenvalue weighted by molar-refractivity contribution is -0.142. The van der Waals surface area contributed by atoms with Crippen molar-refractivity contribution in [1.82, 2.24) is 0 Å². The van der Waals surface area contributed by atoms with Crippen molar-refractivity contribution in [3.8, 4) is 5.75 Å². The van der Waals surface area contributed by atoms with Crippen molar-refractivity contribution in [2.24, 2.45) is 11.7 Å². The van der Waals surface area contributed by atoms with Gasteiger partial charge in [0.05, 0.1) is 5.92 Å². The van der Waals surface area contributed by atoms with Crippen molar-refractivity contribution >= 4 is 18.4 Å². The molecule has 3 N–H and O–H groups in total. The fraction of sp³-hybridized carbons (Fsp3) is 0.364. The maximum absolute atomic E-state index is 10.5. The molecule has 0 aromatic heterocycles. The maximum atomic E-state index is 10.5. The molecular formula is C11H16ClNO3. The third-order valence-electron chi connectivity index (χ3n) is 2.08. The van der Waals surface area contributed by atoms with E-state index in [0.717, 1.165) is 5.56 Å². The summed E-state index contributed by atoms with van der Waals surface area (Å²) in [5, 5.41) is 8.65. The molecule has 90 valence electrons. The molecule has 1 aromatic carbocycles. The lowest BCUT2D eigenvalue weighted by Crippen LogP contribution is -2.17. The summed E-state index contributed by atoms with van der Waals surface area (Å²) >= 11 is 0. The van der Waals surface area contributed by atoms with E-state index in [1.165, 1.54) is 0 Å². The number of carbonyl (C=O) groups is 1. The number of halogens is 1. The Balaban J connectivity index is 0.00000225. The Kier molecular flexibility index (Phi) is 6.53. The number of hydrogen-bond acceptors (Lipinski definition) is 3. The van der Waals surface area contributed by atoms with E-state index in [-0.39, 0.29) is 19.0 Å². The molecular weight excluding hydrogens is 230 g/mol. The van der Waals surface area contributed by atoms with Gasteiger partial charge in [-0.25, -0.2) is 0 Å². The van der Waals surface area contributed by atoms with Crippen LogP contribution in [-0.4, -0.2) is 17.7 Å². The second kappa shape index (κ2) is 7.09. The summed E-state index contributed by atoms with van der Waals surface area (Å²) in [5.74, 6) is -0.687. The van der Waals surface area contributed by atoms with Gasteiger partial charge in [0, 0.05) is 6.54 Å². The van der Waals surface area contributed by atoms with Crippen LogP contribution in [0.25, 0.3) is 0 Å². The van der Waals surface area contributed by atoms with Crippen LogP contribution >= 0.6 is 12.4 Å². The average molecular weight is 246 g/mol. The van der Waals surface area contributed by atoms with E-state index in [9.17, 15) is 4.79 Å². The number of carboxylic acid groups (broad SMARTS) is 1. The highest BCUT2D eigenvalue weighted by Crippen LogP contribution is 2.12. The predicted octanol–water partition coefficient (Wildman–Crippen LogP) is 1.67. The highest BCUT2D eigenvalue weighted by atomic mass is 35.5. The van der Waals surface area contributed by atoms with Gasteiger partial charge in [-0.05, 0) is 24.6 Å². The van der Waals surface area contributed by atoms with Gasteiger partial charge >= 0.3 is 5.97 Å². The van der Waals surface area contributed by atoms with Crippen LogP contribution in [0.5, 0.6) is 5.75 Å². The Bertz CT molecular complexity index is 327. The molecule has 0 radical (unpaired) electrons. The van der Waals surface area contributed by atoms with Crippen molar-refractivity contribution < 1.29 is 14.6 Å². The predicted molar refractivity (Wildman–Crippen MR) is 63.9 cm³/mol. The molecule has 0 spiro atoms. The maximum Gasteiger partial charge on any atom is 0.309 e. The lowest BCUT2D eigenvalue weighted by Gasteiger charge is -2.09. The first-order valence-corrected chi connectivity index (χ1v) is 4.78. The molecule has 0 saturated carbocycles. The van der Waals surface area contributed by atoms with E-state index < -0.39 is 11.9 Å². The first-order chi connectivity index (χ1) is 7.13. The Morgan fingerprint density at radius 2 is 2.00 bits per heavy atom. The van der Waals surface area contributed by atoms with Crippen LogP contribution in [0.1, 0.15) is 12.5 Å². The number of rotatable bonds is 5. The van der Waals surface area contributed by atoms with Crippen molar-refractivity contribution in [2.75, 3.05) is 6.61 Å². The van der Waals surface area contributed by atoms with Gasteiger partial charge in [0.2, 0.25) is 0 Å². The molecule has 0 aliphatic rings. The number of nitrogens with two attached hydrogens (primary N) is 1. The zero-order chi connectivity index (χ0) is 11.3. The third kappa shape index (κ3) is 4.51. The van der Waals surface area contributed by atoms with Crippen molar-refractivity contribution in [1.29, 1.82) is 0 Å². The molecule has 1 atom stereocenters. The molecule has 0 saturated heterocycles. The van der Waals surface area contributed by atoms with Crippen LogP contribution in [0.2, 0.25) is 0 Å². The van der Waals surface area contributed by atoms with Gasteiger partial charge < -0.3 is 15.6 Å². The molecule has 0 amide bonds. The monoisotopic (exact) mass is 245 g/mol. The SMILES string of the molecule is C[C@H](COc1ccc(CN)cc1)C(=O)O.Cl. The molecule has 0 aliphatic heterocycles. The minimum absolute atomic E-state index is 0. The summed E-state index contributed by atoms with van der Waals surface area (Å²) in [5.41, 5.74) is 6.47. The van der Waals surface area contributed by atoms with Gasteiger partial charge in [-0.15, -0.1) is 12.4 Å². The van der Waals surface area contributed by atoms with Gasteiger partial charge in [0.25, 0.3) is 0 Å². The molecule has 4 nitrogen and oxygen atoms in total. The van der Waals surface area contributed by atoms with Crippen LogP contribution in [0.15, 0.2) is 24.3 Å². The Labute approximate surface area is 101 Å². The molecule has 5 heteroatoms. The van der Waals surface area contributed by atoms with E-state index in [1.807, 2.05) is 12.1 Å². The third-order valence-corrected chi connectivity index (χ3v) is 2.08. The Hall–Kier alpha value is -1.26. The summed E-state index contributed by atoms with van der Waals surface area (Å²) < 4.78 is 5.31. The van der Waals surface area contributed by atoms with E-state index in [1.54, 1.807) is 19.1 Å². The van der Waals surface area contributed by atoms with Crippen LogP contribution in [0, 0.1) is 5.92 Å². The molecule has 1 rings (SSSR count). The Morgan fingerprint density at radius 3 is 2.44 bits per heavy atom. The summed E-state index contributed by atoms with van der Waals surface area (Å²) in [6.45, 7) is 2.28. The largest absolute Gasteiger partial charge is 0.493 e. The van der Waals surface area contributed by atoms with E-state index in [2.05, 4.69) is 0 Å². The zero-order valence-corrected chi connectivity index (χ0v) is 9.87. The summed E-state index contributed by atoms with van der Waals surface area (Å²) in [6, 6.07) is 7.30. The van der Waals surface area contributed by atoms with E-state index in [0.29, 0.717) is 12.3 Å². The standard InChI is InChI=1S/C11H15NO3.ClH/c1-8(11(13)14)7-15-10-4-2-9(6-12)3-5-10;/h2-5,8H,6-7,12H2,1H3,(H,13,14);1H/t8-;/m1./s1. The molecule has 0 fully saturated rings. The number of hydrogen-bond donors (Lipinski definition) is 2. The number of benzene rings is 1. The zero-order valence-electron chi connectivity index (χ0n) is 9.05. The fourth-order valence-electron chi connectivity index (χ4n) is 1.01. The number of aliphatic carboxylic acids is 1. The molecule has 0 unspecified atom stereocenters. The minimum atomic E-state index is -0.853. The van der Waals surface area contributed by atoms with Crippen LogP contribution in [0.3, 0.4) is 0 Å². The van der Waals surface area contributed by atoms with Gasteiger partial charge in [-0.3, -0.25) is 4.79 Å². The van der Waals surface area contributed by atoms with E-state index >= 15 is 0 Å². The lowest BCUT2D eigenvalue weighted by atomic mass is 10.2. The first kappa shape index (κ1) is 14.7. The topological polar surface area (TPSA) is 72.5 Å².